The minimum atomic E-state index is -1.54. The summed E-state index contributed by atoms with van der Waals surface area (Å²) in [6, 6.07) is 5.48. The lowest BCUT2D eigenvalue weighted by Gasteiger charge is -2.32. The van der Waals surface area contributed by atoms with Crippen molar-refractivity contribution < 1.29 is 28.7 Å². The molecule has 1 heterocycles. The predicted octanol–water partition coefficient (Wildman–Crippen LogP) is 3.06. The Morgan fingerprint density at radius 2 is 1.77 bits per heavy atom. The van der Waals surface area contributed by atoms with Crippen LogP contribution in [0, 0.1) is 27.4 Å². The highest BCUT2D eigenvalue weighted by Gasteiger charge is 2.45. The molecule has 2 rings (SSSR count). The van der Waals surface area contributed by atoms with Gasteiger partial charge in [0.25, 0.3) is 5.69 Å². The van der Waals surface area contributed by atoms with Gasteiger partial charge < -0.3 is 19.9 Å². The Hall–Kier alpha value is -3.61. The molecule has 0 saturated carbocycles. The maximum Gasteiger partial charge on any atom is 0.340 e. The molecule has 0 aromatic heterocycles. The number of non-ortho nitro benzene ring substituents is 1. The van der Waals surface area contributed by atoms with E-state index in [0.717, 1.165) is 6.07 Å². The number of esters is 2. The molecule has 0 radical (unpaired) electrons. The Balaban J connectivity index is 2.70. The summed E-state index contributed by atoms with van der Waals surface area (Å²) < 4.78 is 16.2. The smallest absolute Gasteiger partial charge is 0.340 e. The number of nitriles is 1. The highest BCUT2D eigenvalue weighted by Crippen LogP contribution is 2.45. The zero-order valence-corrected chi connectivity index (χ0v) is 18.2. The SMILES string of the molecule is CC(C)(C)OC(=O)C1=C(N)Oc2ccc([N+](=O)[O-])cc2C1C(C#N)C(=O)OC(C)(C)C. The molecule has 1 aromatic rings. The Morgan fingerprint density at radius 1 is 1.19 bits per heavy atom. The molecule has 0 saturated heterocycles. The highest BCUT2D eigenvalue weighted by atomic mass is 16.6. The van der Waals surface area contributed by atoms with Crippen molar-refractivity contribution in [1.82, 2.24) is 0 Å². The minimum absolute atomic E-state index is 0.0849. The number of hydrogen-bond donors (Lipinski definition) is 1. The van der Waals surface area contributed by atoms with Crippen molar-refractivity contribution in [3.8, 4) is 11.8 Å². The molecule has 1 aliphatic rings. The van der Waals surface area contributed by atoms with Gasteiger partial charge in [0, 0.05) is 17.7 Å². The van der Waals surface area contributed by atoms with Crippen LogP contribution in [0.4, 0.5) is 5.69 Å². The van der Waals surface area contributed by atoms with Gasteiger partial charge in [-0.25, -0.2) is 4.79 Å². The number of nitrogens with two attached hydrogens (primary N) is 1. The van der Waals surface area contributed by atoms with Crippen LogP contribution in [0.5, 0.6) is 5.75 Å². The van der Waals surface area contributed by atoms with Gasteiger partial charge >= 0.3 is 11.9 Å². The van der Waals surface area contributed by atoms with Crippen LogP contribution in [0.15, 0.2) is 29.7 Å². The molecular weight excluding hydrogens is 406 g/mol. The van der Waals surface area contributed by atoms with Crippen molar-refractivity contribution in [1.29, 1.82) is 5.26 Å². The molecule has 10 nitrogen and oxygen atoms in total. The number of benzene rings is 1. The average molecular weight is 431 g/mol. The van der Waals surface area contributed by atoms with Gasteiger partial charge in [0.1, 0.15) is 22.5 Å². The van der Waals surface area contributed by atoms with Crippen molar-refractivity contribution in [2.24, 2.45) is 11.7 Å². The molecular formula is C21H25N3O7. The molecule has 1 aromatic carbocycles. The number of carbonyl (C=O) groups is 2. The van der Waals surface area contributed by atoms with E-state index >= 15 is 0 Å². The normalized spacial score (nSPS) is 17.0. The third kappa shape index (κ3) is 5.51. The summed E-state index contributed by atoms with van der Waals surface area (Å²) in [5.41, 5.74) is 3.66. The third-order valence-electron chi connectivity index (χ3n) is 4.09. The van der Waals surface area contributed by atoms with E-state index in [0.29, 0.717) is 0 Å². The number of nitro benzene ring substituents is 1. The second-order valence-corrected chi connectivity index (χ2v) is 8.98. The van der Waals surface area contributed by atoms with Crippen molar-refractivity contribution in [3.63, 3.8) is 0 Å². The van der Waals surface area contributed by atoms with E-state index in [1.807, 2.05) is 6.07 Å². The standard InChI is InChI=1S/C21H25N3O7/c1-20(2,3)30-18(25)13(10-22)15-12-9-11(24(27)28)7-8-14(12)29-17(23)16(15)19(26)31-21(4,5)6/h7-9,13,15H,23H2,1-6H3. The lowest BCUT2D eigenvalue weighted by atomic mass is 9.79. The van der Waals surface area contributed by atoms with E-state index < -0.39 is 39.9 Å². The van der Waals surface area contributed by atoms with Crippen molar-refractivity contribution in [2.45, 2.75) is 58.7 Å². The van der Waals surface area contributed by atoms with Gasteiger partial charge in [0.15, 0.2) is 5.92 Å². The fourth-order valence-electron chi connectivity index (χ4n) is 3.00. The van der Waals surface area contributed by atoms with Crippen molar-refractivity contribution in [2.75, 3.05) is 0 Å². The first-order valence-corrected chi connectivity index (χ1v) is 9.46. The van der Waals surface area contributed by atoms with E-state index in [1.54, 1.807) is 41.5 Å². The largest absolute Gasteiger partial charge is 0.459 e. The zero-order valence-electron chi connectivity index (χ0n) is 18.2. The Labute approximate surface area is 179 Å². The molecule has 166 valence electrons. The molecule has 0 fully saturated rings. The summed E-state index contributed by atoms with van der Waals surface area (Å²) in [7, 11) is 0. The molecule has 2 N–H and O–H groups in total. The third-order valence-corrected chi connectivity index (χ3v) is 4.09. The molecule has 0 aliphatic carbocycles. The number of ether oxygens (including phenoxy) is 3. The van der Waals surface area contributed by atoms with Gasteiger partial charge in [0.05, 0.1) is 16.9 Å². The highest BCUT2D eigenvalue weighted by molar-refractivity contribution is 5.94. The van der Waals surface area contributed by atoms with Crippen LogP contribution in [-0.2, 0) is 19.1 Å². The summed E-state index contributed by atoms with van der Waals surface area (Å²) in [6.07, 6.45) is 0. The van der Waals surface area contributed by atoms with Gasteiger partial charge in [-0.1, -0.05) is 0 Å². The van der Waals surface area contributed by atoms with Crippen molar-refractivity contribution >= 4 is 17.6 Å². The predicted molar refractivity (Wildman–Crippen MR) is 108 cm³/mol. The van der Waals surface area contributed by atoms with Crippen LogP contribution in [0.25, 0.3) is 0 Å². The van der Waals surface area contributed by atoms with Gasteiger partial charge in [-0.3, -0.25) is 14.9 Å². The molecule has 31 heavy (non-hydrogen) atoms. The average Bonchev–Trinajstić information content (AvgIpc) is 2.58. The van der Waals surface area contributed by atoms with Crippen molar-refractivity contribution in [3.05, 3.63) is 45.3 Å². The number of carbonyl (C=O) groups excluding carboxylic acids is 2. The van der Waals surface area contributed by atoms with E-state index in [1.165, 1.54) is 12.1 Å². The van der Waals surface area contributed by atoms with E-state index in [4.69, 9.17) is 19.9 Å². The summed E-state index contributed by atoms with van der Waals surface area (Å²) in [4.78, 5) is 36.5. The summed E-state index contributed by atoms with van der Waals surface area (Å²) in [5.74, 6) is -4.92. The molecule has 2 atom stereocenters. The fraction of sp³-hybridized carbons (Fsp3) is 0.476. The lowest BCUT2D eigenvalue weighted by Crippen LogP contribution is -2.37. The Morgan fingerprint density at radius 3 is 2.26 bits per heavy atom. The first-order chi connectivity index (χ1) is 14.1. The summed E-state index contributed by atoms with van der Waals surface area (Å²) in [5, 5.41) is 21.1. The van der Waals surface area contributed by atoms with E-state index in [2.05, 4.69) is 0 Å². The summed E-state index contributed by atoms with van der Waals surface area (Å²) >= 11 is 0. The second-order valence-electron chi connectivity index (χ2n) is 8.98. The topological polar surface area (TPSA) is 155 Å². The number of nitro groups is 1. The molecule has 1 aliphatic heterocycles. The maximum atomic E-state index is 13.0. The summed E-state index contributed by atoms with van der Waals surface area (Å²) in [6.45, 7) is 9.78. The van der Waals surface area contributed by atoms with Gasteiger partial charge in [0.2, 0.25) is 5.88 Å². The van der Waals surface area contributed by atoms with Crippen LogP contribution < -0.4 is 10.5 Å². The van der Waals surface area contributed by atoms with E-state index in [9.17, 15) is 25.0 Å². The monoisotopic (exact) mass is 431 g/mol. The molecule has 0 amide bonds. The second kappa shape index (κ2) is 8.26. The number of hydrogen-bond acceptors (Lipinski definition) is 9. The van der Waals surface area contributed by atoms with Crippen LogP contribution >= 0.6 is 0 Å². The first kappa shape index (κ1) is 23.7. The number of rotatable bonds is 4. The van der Waals surface area contributed by atoms with E-state index in [-0.39, 0.29) is 28.5 Å². The number of nitrogens with zero attached hydrogens (tertiary/aromatic N) is 2. The number of fused-ring (bicyclic) bond motifs is 1. The maximum absolute atomic E-state index is 13.0. The Bertz CT molecular complexity index is 994. The lowest BCUT2D eigenvalue weighted by molar-refractivity contribution is -0.385. The fourth-order valence-corrected chi connectivity index (χ4v) is 3.00. The quantitative estimate of drug-likeness (QED) is 0.430. The van der Waals surface area contributed by atoms with Crippen LogP contribution in [-0.4, -0.2) is 28.1 Å². The first-order valence-electron chi connectivity index (χ1n) is 9.46. The molecule has 0 bridgehead atoms. The molecule has 10 heteroatoms. The minimum Gasteiger partial charge on any atom is -0.459 e. The molecule has 2 unspecified atom stereocenters. The Kier molecular flexibility index (Phi) is 6.30. The van der Waals surface area contributed by atoms with Gasteiger partial charge in [-0.2, -0.15) is 5.26 Å². The zero-order chi connectivity index (χ0) is 23.7. The van der Waals surface area contributed by atoms with Crippen LogP contribution in [0.3, 0.4) is 0 Å². The van der Waals surface area contributed by atoms with Crippen LogP contribution in [0.2, 0.25) is 0 Å². The van der Waals surface area contributed by atoms with Crippen LogP contribution in [0.1, 0.15) is 53.0 Å². The van der Waals surface area contributed by atoms with Gasteiger partial charge in [-0.05, 0) is 47.6 Å². The van der Waals surface area contributed by atoms with Gasteiger partial charge in [-0.15, -0.1) is 0 Å². The molecule has 0 spiro atoms.